The van der Waals surface area contributed by atoms with Gasteiger partial charge in [-0.3, -0.25) is 4.79 Å². The van der Waals surface area contributed by atoms with Gasteiger partial charge in [0.15, 0.2) is 0 Å². The van der Waals surface area contributed by atoms with Crippen LogP contribution in [-0.4, -0.2) is 38.7 Å². The van der Waals surface area contributed by atoms with Crippen molar-refractivity contribution in [1.29, 1.82) is 0 Å². The number of rotatable bonds is 4. The molecular formula is C15H20N4O2S. The van der Waals surface area contributed by atoms with E-state index < -0.39 is 0 Å². The highest BCUT2D eigenvalue weighted by atomic mass is 32.1. The highest BCUT2D eigenvalue weighted by molar-refractivity contribution is 7.12. The van der Waals surface area contributed by atoms with Crippen molar-refractivity contribution in [3.05, 3.63) is 33.8 Å². The van der Waals surface area contributed by atoms with Crippen LogP contribution in [-0.2, 0) is 11.2 Å². The fourth-order valence-electron chi connectivity index (χ4n) is 2.96. The first kappa shape index (κ1) is 15.0. The number of nitrogens with zero attached hydrogens (tertiary/aromatic N) is 3. The molecule has 3 rings (SSSR count). The largest absolute Gasteiger partial charge is 0.348 e. The Hall–Kier alpha value is -1.89. The SMILES string of the molecule is CCC(=O)N1CCC(Cc2n[nH]c(=O)n2-c2cccs2)CC1. The molecule has 1 saturated heterocycles. The second kappa shape index (κ2) is 6.48. The minimum atomic E-state index is -0.184. The molecule has 0 bridgehead atoms. The highest BCUT2D eigenvalue weighted by Crippen LogP contribution is 2.23. The monoisotopic (exact) mass is 320 g/mol. The Morgan fingerprint density at radius 1 is 1.45 bits per heavy atom. The minimum Gasteiger partial charge on any atom is -0.343 e. The summed E-state index contributed by atoms with van der Waals surface area (Å²) in [6.07, 6.45) is 3.28. The van der Waals surface area contributed by atoms with E-state index in [0.29, 0.717) is 12.3 Å². The Bertz CT molecular complexity index is 681. The lowest BCUT2D eigenvalue weighted by Crippen LogP contribution is -2.38. The molecule has 1 N–H and O–H groups in total. The summed E-state index contributed by atoms with van der Waals surface area (Å²) in [5, 5.41) is 9.59. The number of aromatic amines is 1. The maximum absolute atomic E-state index is 12.0. The number of amides is 1. The van der Waals surface area contributed by atoms with Crippen LogP contribution in [0.4, 0.5) is 0 Å². The van der Waals surface area contributed by atoms with E-state index in [-0.39, 0.29) is 11.6 Å². The summed E-state index contributed by atoms with van der Waals surface area (Å²) < 4.78 is 1.66. The van der Waals surface area contributed by atoms with Crippen molar-refractivity contribution in [2.24, 2.45) is 5.92 Å². The summed E-state index contributed by atoms with van der Waals surface area (Å²) in [5.74, 6) is 1.48. The molecule has 1 fully saturated rings. The van der Waals surface area contributed by atoms with E-state index >= 15 is 0 Å². The smallest absolute Gasteiger partial charge is 0.343 e. The van der Waals surface area contributed by atoms with Crippen LogP contribution in [0.5, 0.6) is 0 Å². The van der Waals surface area contributed by atoms with Gasteiger partial charge < -0.3 is 4.90 Å². The van der Waals surface area contributed by atoms with E-state index in [1.807, 2.05) is 29.3 Å². The third-order valence-electron chi connectivity index (χ3n) is 4.21. The molecule has 1 amide bonds. The van der Waals surface area contributed by atoms with Crippen LogP contribution >= 0.6 is 11.3 Å². The summed E-state index contributed by atoms with van der Waals surface area (Å²) >= 11 is 1.53. The van der Waals surface area contributed by atoms with Crippen molar-refractivity contribution in [2.45, 2.75) is 32.6 Å². The average molecular weight is 320 g/mol. The third-order valence-corrected chi connectivity index (χ3v) is 5.06. The van der Waals surface area contributed by atoms with Crippen molar-refractivity contribution in [2.75, 3.05) is 13.1 Å². The first-order valence-corrected chi connectivity index (χ1v) is 8.55. The van der Waals surface area contributed by atoms with Crippen molar-refractivity contribution >= 4 is 17.2 Å². The number of carbonyl (C=O) groups excluding carboxylic acids is 1. The fraction of sp³-hybridized carbons (Fsp3) is 0.533. The van der Waals surface area contributed by atoms with Crippen LogP contribution in [0.1, 0.15) is 32.0 Å². The number of hydrogen-bond acceptors (Lipinski definition) is 4. The molecule has 6 nitrogen and oxygen atoms in total. The number of likely N-dealkylation sites (tertiary alicyclic amines) is 1. The zero-order valence-corrected chi connectivity index (χ0v) is 13.4. The van der Waals surface area contributed by atoms with Gasteiger partial charge >= 0.3 is 5.69 Å². The summed E-state index contributed by atoms with van der Waals surface area (Å²) in [6, 6.07) is 3.85. The normalized spacial score (nSPS) is 16.1. The number of hydrogen-bond donors (Lipinski definition) is 1. The lowest BCUT2D eigenvalue weighted by atomic mass is 9.93. The molecule has 0 aromatic carbocycles. The summed E-state index contributed by atoms with van der Waals surface area (Å²) in [7, 11) is 0. The van der Waals surface area contributed by atoms with Gasteiger partial charge in [-0.15, -0.1) is 11.3 Å². The molecule has 118 valence electrons. The number of thiophene rings is 1. The Labute approximate surface area is 132 Å². The van der Waals surface area contributed by atoms with Gasteiger partial charge in [0.05, 0.1) is 0 Å². The predicted octanol–water partition coefficient (Wildman–Crippen LogP) is 1.81. The molecule has 0 aliphatic carbocycles. The summed E-state index contributed by atoms with van der Waals surface area (Å²) in [6.45, 7) is 3.52. The van der Waals surface area contributed by atoms with E-state index in [2.05, 4.69) is 10.2 Å². The van der Waals surface area contributed by atoms with Gasteiger partial charge in [0.2, 0.25) is 5.91 Å². The van der Waals surface area contributed by atoms with Crippen LogP contribution in [0.3, 0.4) is 0 Å². The van der Waals surface area contributed by atoms with E-state index in [9.17, 15) is 9.59 Å². The van der Waals surface area contributed by atoms with Crippen LogP contribution in [0, 0.1) is 5.92 Å². The maximum Gasteiger partial charge on any atom is 0.348 e. The zero-order valence-electron chi connectivity index (χ0n) is 12.6. The van der Waals surface area contributed by atoms with Crippen molar-refractivity contribution in [3.63, 3.8) is 0 Å². The van der Waals surface area contributed by atoms with Gasteiger partial charge in [-0.25, -0.2) is 14.5 Å². The molecule has 3 heterocycles. The predicted molar refractivity (Wildman–Crippen MR) is 85.4 cm³/mol. The average Bonchev–Trinajstić information content (AvgIpc) is 3.17. The number of piperidine rings is 1. The standard InChI is InChI=1S/C15H20N4O2S/c1-2-13(20)18-7-5-11(6-8-18)10-12-16-17-15(21)19(12)14-4-3-9-22-14/h3-4,9,11H,2,5-8,10H2,1H3,(H,17,21). The van der Waals surface area contributed by atoms with E-state index in [1.54, 1.807) is 4.57 Å². The second-order valence-corrected chi connectivity index (χ2v) is 6.54. The number of H-pyrrole nitrogens is 1. The molecule has 2 aromatic heterocycles. The molecule has 22 heavy (non-hydrogen) atoms. The Kier molecular flexibility index (Phi) is 4.42. The molecule has 0 spiro atoms. The quantitative estimate of drug-likeness (QED) is 0.934. The van der Waals surface area contributed by atoms with Crippen LogP contribution in [0.15, 0.2) is 22.3 Å². The Balaban J connectivity index is 1.68. The molecule has 0 radical (unpaired) electrons. The molecule has 0 saturated carbocycles. The van der Waals surface area contributed by atoms with E-state index in [4.69, 9.17) is 0 Å². The van der Waals surface area contributed by atoms with Crippen molar-refractivity contribution in [3.8, 4) is 5.00 Å². The van der Waals surface area contributed by atoms with E-state index in [1.165, 1.54) is 11.3 Å². The molecule has 1 aliphatic heterocycles. The topological polar surface area (TPSA) is 71.0 Å². The molecule has 0 atom stereocenters. The first-order chi connectivity index (χ1) is 10.7. The number of carbonyl (C=O) groups is 1. The molecule has 0 unspecified atom stereocenters. The van der Waals surface area contributed by atoms with Crippen molar-refractivity contribution < 1.29 is 4.79 Å². The number of nitrogens with one attached hydrogen (secondary N) is 1. The highest BCUT2D eigenvalue weighted by Gasteiger charge is 2.24. The molecule has 2 aromatic rings. The second-order valence-electron chi connectivity index (χ2n) is 5.61. The van der Waals surface area contributed by atoms with Gasteiger partial charge in [-0.05, 0) is 36.3 Å². The van der Waals surface area contributed by atoms with Gasteiger partial charge in [-0.1, -0.05) is 6.92 Å². The van der Waals surface area contributed by atoms with Crippen LogP contribution in [0.25, 0.3) is 5.00 Å². The van der Waals surface area contributed by atoms with Gasteiger partial charge in [0.25, 0.3) is 0 Å². The van der Waals surface area contributed by atoms with Crippen LogP contribution in [0.2, 0.25) is 0 Å². The maximum atomic E-state index is 12.0. The third kappa shape index (κ3) is 2.99. The zero-order chi connectivity index (χ0) is 15.5. The van der Waals surface area contributed by atoms with E-state index in [0.717, 1.165) is 43.2 Å². The lowest BCUT2D eigenvalue weighted by Gasteiger charge is -2.31. The number of aromatic nitrogens is 3. The summed E-state index contributed by atoms with van der Waals surface area (Å²) in [4.78, 5) is 25.6. The molecular weight excluding hydrogens is 300 g/mol. The van der Waals surface area contributed by atoms with Gasteiger partial charge in [0.1, 0.15) is 10.8 Å². The van der Waals surface area contributed by atoms with Crippen molar-refractivity contribution in [1.82, 2.24) is 19.7 Å². The molecule has 1 aliphatic rings. The first-order valence-electron chi connectivity index (χ1n) is 7.67. The van der Waals surface area contributed by atoms with Gasteiger partial charge in [-0.2, -0.15) is 5.10 Å². The fourth-order valence-corrected chi connectivity index (χ4v) is 3.71. The van der Waals surface area contributed by atoms with Crippen LogP contribution < -0.4 is 5.69 Å². The van der Waals surface area contributed by atoms with Gasteiger partial charge in [0, 0.05) is 25.9 Å². The minimum absolute atomic E-state index is 0.184. The Morgan fingerprint density at radius 3 is 2.86 bits per heavy atom. The Morgan fingerprint density at radius 2 is 2.23 bits per heavy atom. The molecule has 7 heteroatoms. The summed E-state index contributed by atoms with van der Waals surface area (Å²) in [5.41, 5.74) is -0.184. The lowest BCUT2D eigenvalue weighted by molar-refractivity contribution is -0.132.